The molecule has 2 aromatic rings. The van der Waals surface area contributed by atoms with Gasteiger partial charge in [0.05, 0.1) is 5.52 Å². The number of nitrogens with one attached hydrogen (secondary N) is 1. The molecule has 0 radical (unpaired) electrons. The normalized spacial score (nSPS) is 14.8. The summed E-state index contributed by atoms with van der Waals surface area (Å²) < 4.78 is 0. The monoisotopic (exact) mass is 227 g/mol. The van der Waals surface area contributed by atoms with Crippen LogP contribution in [0.3, 0.4) is 0 Å². The summed E-state index contributed by atoms with van der Waals surface area (Å²) >= 11 is 0. The van der Waals surface area contributed by atoms with Gasteiger partial charge in [-0.15, -0.1) is 0 Å². The highest BCUT2D eigenvalue weighted by molar-refractivity contribution is 5.93. The summed E-state index contributed by atoms with van der Waals surface area (Å²) in [6.07, 6.45) is 1.31. The average molecular weight is 227 g/mol. The summed E-state index contributed by atoms with van der Waals surface area (Å²) in [4.78, 5) is 6.97. The number of anilines is 2. The Kier molecular flexibility index (Phi) is 2.39. The number of fused-ring (bicyclic) bond motifs is 1. The summed E-state index contributed by atoms with van der Waals surface area (Å²) in [7, 11) is 1.96. The maximum absolute atomic E-state index is 4.57. The van der Waals surface area contributed by atoms with Gasteiger partial charge in [0.15, 0.2) is 0 Å². The Hall–Kier alpha value is -1.77. The van der Waals surface area contributed by atoms with Crippen LogP contribution in [0.2, 0.25) is 0 Å². The van der Waals surface area contributed by atoms with Crippen molar-refractivity contribution in [1.82, 2.24) is 4.98 Å². The molecule has 0 atom stereocenters. The molecule has 0 bridgehead atoms. The molecular formula is C14H17N3. The quantitative estimate of drug-likeness (QED) is 0.855. The number of hydrogen-bond acceptors (Lipinski definition) is 3. The van der Waals surface area contributed by atoms with E-state index in [0.717, 1.165) is 16.9 Å². The Morgan fingerprint density at radius 2 is 2.06 bits per heavy atom. The maximum Gasteiger partial charge on any atom is 0.0727 e. The van der Waals surface area contributed by atoms with Gasteiger partial charge in [-0.05, 0) is 37.6 Å². The van der Waals surface area contributed by atoms with Crippen molar-refractivity contribution in [2.24, 2.45) is 0 Å². The van der Waals surface area contributed by atoms with Gasteiger partial charge in [-0.2, -0.15) is 0 Å². The van der Waals surface area contributed by atoms with Crippen LogP contribution in [0.15, 0.2) is 24.3 Å². The van der Waals surface area contributed by atoms with Crippen molar-refractivity contribution in [1.29, 1.82) is 0 Å². The molecule has 0 saturated carbocycles. The van der Waals surface area contributed by atoms with Gasteiger partial charge in [-0.25, -0.2) is 0 Å². The van der Waals surface area contributed by atoms with E-state index >= 15 is 0 Å². The minimum atomic E-state index is 1.05. The van der Waals surface area contributed by atoms with E-state index in [9.17, 15) is 0 Å². The van der Waals surface area contributed by atoms with Crippen LogP contribution >= 0.6 is 0 Å². The largest absolute Gasteiger partial charge is 0.388 e. The summed E-state index contributed by atoms with van der Waals surface area (Å²) in [5.74, 6) is 0. The molecule has 1 aromatic heterocycles. The zero-order chi connectivity index (χ0) is 11.8. The fourth-order valence-electron chi connectivity index (χ4n) is 2.32. The van der Waals surface area contributed by atoms with Gasteiger partial charge >= 0.3 is 0 Å². The molecule has 1 aromatic carbocycles. The van der Waals surface area contributed by atoms with E-state index < -0.39 is 0 Å². The molecule has 17 heavy (non-hydrogen) atoms. The Morgan fingerprint density at radius 3 is 2.71 bits per heavy atom. The summed E-state index contributed by atoms with van der Waals surface area (Å²) in [6, 6.07) is 8.64. The fourth-order valence-corrected chi connectivity index (χ4v) is 2.32. The van der Waals surface area contributed by atoms with Crippen LogP contribution < -0.4 is 10.2 Å². The number of aromatic nitrogens is 1. The molecule has 1 aliphatic heterocycles. The third-order valence-electron chi connectivity index (χ3n) is 3.41. The summed E-state index contributed by atoms with van der Waals surface area (Å²) in [5, 5.41) is 4.47. The van der Waals surface area contributed by atoms with E-state index in [2.05, 4.69) is 39.5 Å². The van der Waals surface area contributed by atoms with Crippen LogP contribution in [0.1, 0.15) is 12.1 Å². The minimum Gasteiger partial charge on any atom is -0.388 e. The second kappa shape index (κ2) is 3.91. The fraction of sp³-hybridized carbons (Fsp3) is 0.357. The lowest BCUT2D eigenvalue weighted by Crippen LogP contribution is -2.36. The minimum absolute atomic E-state index is 1.05. The topological polar surface area (TPSA) is 28.2 Å². The second-order valence-corrected chi connectivity index (χ2v) is 4.60. The predicted octanol–water partition coefficient (Wildman–Crippen LogP) is 2.80. The molecule has 0 aliphatic carbocycles. The Balaban J connectivity index is 2.16. The van der Waals surface area contributed by atoms with Crippen molar-refractivity contribution < 1.29 is 0 Å². The van der Waals surface area contributed by atoms with Crippen LogP contribution in [0.5, 0.6) is 0 Å². The number of aryl methyl sites for hydroxylation is 1. The SMILES string of the molecule is CNc1cc(C)nc2ccc(N3CCC3)cc12. The Bertz CT molecular complexity index is 559. The van der Waals surface area contributed by atoms with Crippen LogP contribution in [0.25, 0.3) is 10.9 Å². The first-order chi connectivity index (χ1) is 8.28. The van der Waals surface area contributed by atoms with Gasteiger partial charge < -0.3 is 10.2 Å². The standard InChI is InChI=1S/C14H17N3/c1-10-8-14(15-2)12-9-11(17-6-3-7-17)4-5-13(12)16-10/h4-5,8-9H,3,6-7H2,1-2H3,(H,15,16). The molecule has 88 valence electrons. The van der Waals surface area contributed by atoms with Gasteiger partial charge in [0, 0.05) is 42.6 Å². The van der Waals surface area contributed by atoms with Crippen LogP contribution in [0.4, 0.5) is 11.4 Å². The number of rotatable bonds is 2. The van der Waals surface area contributed by atoms with Gasteiger partial charge in [0.25, 0.3) is 0 Å². The maximum atomic E-state index is 4.57. The number of pyridine rings is 1. The summed E-state index contributed by atoms with van der Waals surface area (Å²) in [5.41, 5.74) is 4.60. The van der Waals surface area contributed by atoms with Gasteiger partial charge in [0.2, 0.25) is 0 Å². The van der Waals surface area contributed by atoms with Crippen molar-refractivity contribution in [3.8, 4) is 0 Å². The third-order valence-corrected chi connectivity index (χ3v) is 3.41. The van der Waals surface area contributed by atoms with Crippen molar-refractivity contribution >= 4 is 22.3 Å². The second-order valence-electron chi connectivity index (χ2n) is 4.60. The number of hydrogen-bond donors (Lipinski definition) is 1. The first kappa shape index (κ1) is 10.4. The molecule has 1 fully saturated rings. The molecule has 1 saturated heterocycles. The van der Waals surface area contributed by atoms with Gasteiger partial charge in [0.1, 0.15) is 0 Å². The molecule has 0 spiro atoms. The smallest absolute Gasteiger partial charge is 0.0727 e. The van der Waals surface area contributed by atoms with Crippen LogP contribution in [-0.2, 0) is 0 Å². The van der Waals surface area contributed by atoms with E-state index in [0.29, 0.717) is 0 Å². The molecule has 3 rings (SSSR count). The number of benzene rings is 1. The lowest BCUT2D eigenvalue weighted by atomic mass is 10.1. The highest BCUT2D eigenvalue weighted by Crippen LogP contribution is 2.29. The molecule has 3 heteroatoms. The van der Waals surface area contributed by atoms with E-state index in [1.807, 2.05) is 14.0 Å². The molecule has 0 unspecified atom stereocenters. The highest BCUT2D eigenvalue weighted by atomic mass is 15.2. The van der Waals surface area contributed by atoms with Gasteiger partial charge in [-0.1, -0.05) is 0 Å². The average Bonchev–Trinajstić information content (AvgIpc) is 2.26. The van der Waals surface area contributed by atoms with Crippen molar-refractivity contribution in [2.45, 2.75) is 13.3 Å². The zero-order valence-corrected chi connectivity index (χ0v) is 10.3. The molecule has 2 heterocycles. The van der Waals surface area contributed by atoms with E-state index in [1.165, 1.54) is 30.6 Å². The van der Waals surface area contributed by atoms with Crippen molar-refractivity contribution in [3.05, 3.63) is 30.0 Å². The van der Waals surface area contributed by atoms with Crippen molar-refractivity contribution in [2.75, 3.05) is 30.4 Å². The molecule has 0 amide bonds. The first-order valence-electron chi connectivity index (χ1n) is 6.12. The molecular weight excluding hydrogens is 210 g/mol. The first-order valence-corrected chi connectivity index (χ1v) is 6.12. The van der Waals surface area contributed by atoms with Gasteiger partial charge in [-0.3, -0.25) is 4.98 Å². The van der Waals surface area contributed by atoms with Crippen LogP contribution in [0, 0.1) is 6.92 Å². The predicted molar refractivity (Wildman–Crippen MR) is 72.9 cm³/mol. The van der Waals surface area contributed by atoms with E-state index in [1.54, 1.807) is 0 Å². The van der Waals surface area contributed by atoms with E-state index in [4.69, 9.17) is 0 Å². The Labute approximate surface area is 101 Å². The lowest BCUT2D eigenvalue weighted by Gasteiger charge is -2.33. The highest BCUT2D eigenvalue weighted by Gasteiger charge is 2.15. The van der Waals surface area contributed by atoms with Crippen LogP contribution in [-0.4, -0.2) is 25.1 Å². The molecule has 1 aliphatic rings. The van der Waals surface area contributed by atoms with E-state index in [-0.39, 0.29) is 0 Å². The zero-order valence-electron chi connectivity index (χ0n) is 10.3. The molecule has 1 N–H and O–H groups in total. The molecule has 3 nitrogen and oxygen atoms in total. The van der Waals surface area contributed by atoms with Crippen molar-refractivity contribution in [3.63, 3.8) is 0 Å². The third kappa shape index (κ3) is 1.71. The number of nitrogens with zero attached hydrogens (tertiary/aromatic N) is 2. The Morgan fingerprint density at radius 1 is 1.24 bits per heavy atom. The summed E-state index contributed by atoms with van der Waals surface area (Å²) in [6.45, 7) is 4.39. The lowest BCUT2D eigenvalue weighted by molar-refractivity contribution is 0.618.